The van der Waals surface area contributed by atoms with Crippen LogP contribution in [-0.4, -0.2) is 39.6 Å². The number of hydrogen-bond donors (Lipinski definition) is 2. The summed E-state index contributed by atoms with van der Waals surface area (Å²) < 4.78 is 5.23. The highest BCUT2D eigenvalue weighted by Crippen LogP contribution is 2.21. The molecule has 1 heterocycles. The molecule has 140 valence electrons. The monoisotopic (exact) mass is 370 g/mol. The minimum atomic E-state index is -0.990. The predicted molar refractivity (Wildman–Crippen MR) is 95.1 cm³/mol. The average Bonchev–Trinajstić information content (AvgIpc) is 2.93. The average molecular weight is 370 g/mol. The first-order valence-corrected chi connectivity index (χ1v) is 8.99. The van der Waals surface area contributed by atoms with Crippen LogP contribution in [0.2, 0.25) is 0 Å². The number of nitrogens with one attached hydrogen (secondary N) is 1. The van der Waals surface area contributed by atoms with Gasteiger partial charge in [-0.05, 0) is 33.6 Å². The number of aliphatic carboxylic acids is 1. The fourth-order valence-electron chi connectivity index (χ4n) is 1.94. The van der Waals surface area contributed by atoms with E-state index in [9.17, 15) is 14.4 Å². The molecule has 1 rings (SSSR count). The van der Waals surface area contributed by atoms with Crippen LogP contribution in [0.25, 0.3) is 0 Å². The summed E-state index contributed by atoms with van der Waals surface area (Å²) in [5.41, 5.74) is -0.255. The minimum Gasteiger partial charge on any atom is -0.481 e. The SMILES string of the molecule is CC(C(=O)O)c1csc(C(=O)C[C@@H](NC(=O)OC(C)(C)C)C(C)C)n1. The Hall–Kier alpha value is -1.96. The number of carboxylic acids is 1. The molecule has 0 saturated heterocycles. The van der Waals surface area contributed by atoms with Gasteiger partial charge >= 0.3 is 12.1 Å². The third kappa shape index (κ3) is 6.81. The van der Waals surface area contributed by atoms with E-state index in [1.807, 2.05) is 13.8 Å². The van der Waals surface area contributed by atoms with E-state index in [1.54, 1.807) is 26.2 Å². The van der Waals surface area contributed by atoms with Gasteiger partial charge in [0.15, 0.2) is 10.8 Å². The summed E-state index contributed by atoms with van der Waals surface area (Å²) in [6.07, 6.45) is -0.496. The van der Waals surface area contributed by atoms with Crippen molar-refractivity contribution in [1.82, 2.24) is 10.3 Å². The van der Waals surface area contributed by atoms with Gasteiger partial charge in [-0.3, -0.25) is 9.59 Å². The fraction of sp³-hybridized carbons (Fsp3) is 0.647. The lowest BCUT2D eigenvalue weighted by Crippen LogP contribution is -2.42. The quantitative estimate of drug-likeness (QED) is 0.712. The molecule has 0 aliphatic heterocycles. The van der Waals surface area contributed by atoms with Crippen LogP contribution >= 0.6 is 11.3 Å². The van der Waals surface area contributed by atoms with E-state index in [1.165, 1.54) is 6.92 Å². The maximum absolute atomic E-state index is 12.4. The molecule has 0 aliphatic rings. The highest BCUT2D eigenvalue weighted by atomic mass is 32.1. The predicted octanol–water partition coefficient (Wildman–Crippen LogP) is 3.45. The molecule has 0 aromatic carbocycles. The number of amides is 1. The van der Waals surface area contributed by atoms with Crippen molar-refractivity contribution < 1.29 is 24.2 Å². The van der Waals surface area contributed by atoms with E-state index in [0.29, 0.717) is 5.69 Å². The highest BCUT2D eigenvalue weighted by molar-refractivity contribution is 7.11. The maximum Gasteiger partial charge on any atom is 0.407 e. The first kappa shape index (κ1) is 21.1. The molecule has 0 bridgehead atoms. The van der Waals surface area contributed by atoms with Crippen molar-refractivity contribution in [3.63, 3.8) is 0 Å². The van der Waals surface area contributed by atoms with Crippen LogP contribution in [0.4, 0.5) is 4.79 Å². The van der Waals surface area contributed by atoms with Crippen molar-refractivity contribution in [3.8, 4) is 0 Å². The first-order valence-electron chi connectivity index (χ1n) is 8.11. The summed E-state index contributed by atoms with van der Waals surface area (Å²) in [6.45, 7) is 10.6. The summed E-state index contributed by atoms with van der Waals surface area (Å²) in [7, 11) is 0. The lowest BCUT2D eigenvalue weighted by atomic mass is 9.99. The molecular formula is C17H26N2O5S. The van der Waals surface area contributed by atoms with Gasteiger partial charge in [-0.1, -0.05) is 13.8 Å². The zero-order chi connectivity index (χ0) is 19.4. The molecule has 0 saturated carbocycles. The molecule has 0 spiro atoms. The van der Waals surface area contributed by atoms with E-state index in [2.05, 4.69) is 10.3 Å². The maximum atomic E-state index is 12.4. The number of alkyl carbamates (subject to hydrolysis) is 1. The number of hydrogen-bond acceptors (Lipinski definition) is 6. The molecule has 25 heavy (non-hydrogen) atoms. The molecule has 1 aromatic rings. The molecule has 1 aromatic heterocycles. The highest BCUT2D eigenvalue weighted by Gasteiger charge is 2.26. The minimum absolute atomic E-state index is 0.0221. The number of carbonyl (C=O) groups is 3. The van der Waals surface area contributed by atoms with Gasteiger partial charge in [0.1, 0.15) is 5.60 Å². The number of carbonyl (C=O) groups excluding carboxylic acids is 2. The lowest BCUT2D eigenvalue weighted by Gasteiger charge is -2.25. The van der Waals surface area contributed by atoms with Crippen molar-refractivity contribution in [3.05, 3.63) is 16.1 Å². The number of ether oxygens (including phenoxy) is 1. The molecule has 2 N–H and O–H groups in total. The standard InChI is InChI=1S/C17H26N2O5S/c1-9(2)11(19-16(23)24-17(4,5)6)7-13(20)14-18-12(8-25-14)10(3)15(21)22/h8-11H,7H2,1-6H3,(H,19,23)(H,21,22)/t10?,11-/m1/s1. The topological polar surface area (TPSA) is 106 Å². The van der Waals surface area contributed by atoms with Crippen LogP contribution in [0, 0.1) is 5.92 Å². The Morgan fingerprint density at radius 1 is 1.28 bits per heavy atom. The third-order valence-electron chi connectivity index (χ3n) is 3.49. The van der Waals surface area contributed by atoms with Crippen molar-refractivity contribution in [2.75, 3.05) is 0 Å². The van der Waals surface area contributed by atoms with Gasteiger partial charge in [-0.15, -0.1) is 11.3 Å². The second-order valence-electron chi connectivity index (χ2n) is 7.26. The number of thiazole rings is 1. The molecule has 0 aliphatic carbocycles. The number of nitrogens with zero attached hydrogens (tertiary/aromatic N) is 1. The van der Waals surface area contributed by atoms with Gasteiger partial charge in [-0.2, -0.15) is 0 Å². The fourth-order valence-corrected chi connectivity index (χ4v) is 2.80. The van der Waals surface area contributed by atoms with E-state index in [4.69, 9.17) is 9.84 Å². The van der Waals surface area contributed by atoms with E-state index < -0.39 is 29.6 Å². The Balaban J connectivity index is 2.77. The Morgan fingerprint density at radius 3 is 2.36 bits per heavy atom. The number of carboxylic acid groups (broad SMARTS) is 1. The van der Waals surface area contributed by atoms with Gasteiger partial charge in [0, 0.05) is 17.8 Å². The summed E-state index contributed by atoms with van der Waals surface area (Å²) in [6, 6.07) is -0.397. The Labute approximate surface area is 151 Å². The summed E-state index contributed by atoms with van der Waals surface area (Å²) >= 11 is 1.12. The van der Waals surface area contributed by atoms with Gasteiger partial charge in [0.25, 0.3) is 0 Å². The molecule has 1 amide bonds. The van der Waals surface area contributed by atoms with E-state index >= 15 is 0 Å². The van der Waals surface area contributed by atoms with E-state index in [0.717, 1.165) is 11.3 Å². The van der Waals surface area contributed by atoms with Gasteiger partial charge < -0.3 is 15.2 Å². The third-order valence-corrected chi connectivity index (χ3v) is 4.39. The van der Waals surface area contributed by atoms with Crippen molar-refractivity contribution in [1.29, 1.82) is 0 Å². The number of aromatic nitrogens is 1. The molecule has 1 unspecified atom stereocenters. The molecule has 0 radical (unpaired) electrons. The van der Waals surface area contributed by atoms with Gasteiger partial charge in [0.2, 0.25) is 0 Å². The first-order chi connectivity index (χ1) is 11.4. The van der Waals surface area contributed by atoms with Gasteiger partial charge in [-0.25, -0.2) is 9.78 Å². The van der Waals surface area contributed by atoms with E-state index in [-0.39, 0.29) is 23.1 Å². The smallest absolute Gasteiger partial charge is 0.407 e. The zero-order valence-electron chi connectivity index (χ0n) is 15.5. The molecule has 0 fully saturated rings. The molecule has 2 atom stereocenters. The summed E-state index contributed by atoms with van der Waals surface area (Å²) in [5, 5.41) is 13.6. The number of Topliss-reactive ketones (excluding diaryl/α,β-unsaturated/α-hetero) is 1. The van der Waals surface area contributed by atoms with Crippen molar-refractivity contribution in [2.24, 2.45) is 5.92 Å². The Bertz CT molecular complexity index is 633. The number of rotatable bonds is 7. The second-order valence-corrected chi connectivity index (χ2v) is 8.12. The molecule has 7 nitrogen and oxygen atoms in total. The van der Waals surface area contributed by atoms with Crippen LogP contribution in [0.3, 0.4) is 0 Å². The molecule has 8 heteroatoms. The van der Waals surface area contributed by atoms with Crippen LogP contribution in [-0.2, 0) is 9.53 Å². The van der Waals surface area contributed by atoms with Crippen molar-refractivity contribution >= 4 is 29.2 Å². The summed E-state index contributed by atoms with van der Waals surface area (Å²) in [5.74, 6) is -1.97. The van der Waals surface area contributed by atoms with Crippen LogP contribution in [0.15, 0.2) is 5.38 Å². The molecular weight excluding hydrogens is 344 g/mol. The zero-order valence-corrected chi connectivity index (χ0v) is 16.3. The summed E-state index contributed by atoms with van der Waals surface area (Å²) in [4.78, 5) is 39.5. The normalized spacial score (nSPS) is 14.0. The largest absolute Gasteiger partial charge is 0.481 e. The van der Waals surface area contributed by atoms with Crippen molar-refractivity contribution in [2.45, 2.75) is 65.5 Å². The van der Waals surface area contributed by atoms with Crippen LogP contribution in [0.5, 0.6) is 0 Å². The lowest BCUT2D eigenvalue weighted by molar-refractivity contribution is -0.138. The van der Waals surface area contributed by atoms with Crippen LogP contribution in [0.1, 0.15) is 69.4 Å². The Morgan fingerprint density at radius 2 is 1.88 bits per heavy atom. The van der Waals surface area contributed by atoms with Crippen LogP contribution < -0.4 is 5.32 Å². The Kier molecular flexibility index (Phi) is 7.10. The second kappa shape index (κ2) is 8.42. The van der Waals surface area contributed by atoms with Gasteiger partial charge in [0.05, 0.1) is 11.6 Å². The number of ketones is 1.